The molecule has 5 atom stereocenters. The van der Waals surface area contributed by atoms with Crippen molar-refractivity contribution in [3.05, 3.63) is 42.0 Å². The van der Waals surface area contributed by atoms with E-state index in [1.807, 2.05) is 44.2 Å². The van der Waals surface area contributed by atoms with Gasteiger partial charge in [0, 0.05) is 31.0 Å². The smallest absolute Gasteiger partial charge is 0.259 e. The molecule has 0 saturated heterocycles. The number of carbonyl (C=O) groups is 3. The Morgan fingerprint density at radius 1 is 1.18 bits per heavy atom. The van der Waals surface area contributed by atoms with Crippen LogP contribution >= 0.6 is 0 Å². The summed E-state index contributed by atoms with van der Waals surface area (Å²) in [6.07, 6.45) is 7.76. The van der Waals surface area contributed by atoms with E-state index in [2.05, 4.69) is 15.0 Å². The maximum absolute atomic E-state index is 14.0. The number of benzene rings is 1. The number of nitrogens with one attached hydrogen (secondary N) is 2. The van der Waals surface area contributed by atoms with E-state index in [1.54, 1.807) is 18.0 Å². The fourth-order valence-corrected chi connectivity index (χ4v) is 8.09. The van der Waals surface area contributed by atoms with E-state index >= 15 is 0 Å². The number of para-hydroxylation sites is 1. The highest BCUT2D eigenvalue weighted by Gasteiger charge is 2.62. The predicted molar refractivity (Wildman–Crippen MR) is 168 cm³/mol. The number of hydrogen-bond acceptors (Lipinski definition) is 8. The molecule has 5 unspecified atom stereocenters. The fourth-order valence-electron chi connectivity index (χ4n) is 6.73. The summed E-state index contributed by atoms with van der Waals surface area (Å²) in [4.78, 5) is 47.7. The van der Waals surface area contributed by atoms with E-state index in [0.29, 0.717) is 50.5 Å². The van der Waals surface area contributed by atoms with Crippen molar-refractivity contribution in [1.82, 2.24) is 19.9 Å². The normalized spacial score (nSPS) is 29.6. The minimum atomic E-state index is -3.80. The zero-order chi connectivity index (χ0) is 31.9. The van der Waals surface area contributed by atoms with Crippen LogP contribution < -0.4 is 19.5 Å². The second-order valence-electron chi connectivity index (χ2n) is 12.9. The Bertz CT molecular complexity index is 1640. The van der Waals surface area contributed by atoms with E-state index in [4.69, 9.17) is 9.47 Å². The standard InChI is InChI=1S/C33H42N4O7S/c1-4-43-28-18-27(24-12-9-10-20(2)29(24)34-28)44-22-16-25-26(17-22)31(39)37(3)15-8-6-5-7-11-21-19-33(21,35-30(25)38)32(40)36-45(41,42)23-13-14-23/h7,9-12,18,21-23,25-26H,4-6,8,13-17,19H2,1-3H3,(H,35,38)(H,36,40)/b11-7+. The molecule has 12 heteroatoms. The highest BCUT2D eigenvalue weighted by atomic mass is 32.2. The molecule has 4 aliphatic rings. The van der Waals surface area contributed by atoms with Crippen LogP contribution in [0.5, 0.6) is 11.6 Å². The second kappa shape index (κ2) is 12.3. The molecule has 1 aromatic carbocycles. The number of allylic oxidation sites excluding steroid dienone is 1. The SMILES string of the molecule is CCOc1cc(OC2CC3C(=O)NC4(C(=O)NS(=O)(=O)C5CC5)CC4/C=C/CCCCN(C)C(=O)C3C2)c2cccc(C)c2n1. The van der Waals surface area contributed by atoms with Gasteiger partial charge in [0.1, 0.15) is 17.4 Å². The van der Waals surface area contributed by atoms with Crippen LogP contribution in [0, 0.1) is 24.7 Å². The van der Waals surface area contributed by atoms with Crippen LogP contribution in [0.25, 0.3) is 10.9 Å². The summed E-state index contributed by atoms with van der Waals surface area (Å²) < 4.78 is 39.9. The summed E-state index contributed by atoms with van der Waals surface area (Å²) in [5, 5.41) is 3.18. The number of aryl methyl sites for hydroxylation is 1. The highest BCUT2D eigenvalue weighted by molar-refractivity contribution is 7.91. The Hall–Kier alpha value is -3.67. The number of ether oxygens (including phenoxy) is 2. The Kier molecular flexibility index (Phi) is 8.53. The van der Waals surface area contributed by atoms with Gasteiger partial charge in [-0.3, -0.25) is 19.1 Å². The van der Waals surface area contributed by atoms with E-state index in [0.717, 1.165) is 35.7 Å². The summed E-state index contributed by atoms with van der Waals surface area (Å²) in [5.41, 5.74) is 0.351. The third-order valence-electron chi connectivity index (χ3n) is 9.56. The van der Waals surface area contributed by atoms with Gasteiger partial charge in [0.2, 0.25) is 27.7 Å². The number of carbonyl (C=O) groups excluding carboxylic acids is 3. The third kappa shape index (κ3) is 6.39. The molecule has 1 aromatic heterocycles. The van der Waals surface area contributed by atoms with Gasteiger partial charge in [0.25, 0.3) is 5.91 Å². The van der Waals surface area contributed by atoms with E-state index in [-0.39, 0.29) is 18.2 Å². The van der Waals surface area contributed by atoms with Crippen molar-refractivity contribution >= 4 is 38.6 Å². The summed E-state index contributed by atoms with van der Waals surface area (Å²) in [7, 11) is -2.04. The number of rotatable bonds is 7. The van der Waals surface area contributed by atoms with Crippen LogP contribution in [0.15, 0.2) is 36.4 Å². The largest absolute Gasteiger partial charge is 0.489 e. The Balaban J connectivity index is 1.29. The average Bonchev–Trinajstić information content (AvgIpc) is 3.92. The maximum atomic E-state index is 14.0. The Labute approximate surface area is 264 Å². The van der Waals surface area contributed by atoms with Gasteiger partial charge in [-0.25, -0.2) is 13.4 Å². The number of amides is 3. The number of nitrogens with zero attached hydrogens (tertiary/aromatic N) is 2. The summed E-state index contributed by atoms with van der Waals surface area (Å²) in [6, 6.07) is 7.57. The van der Waals surface area contributed by atoms with Crippen molar-refractivity contribution in [3.63, 3.8) is 0 Å². The van der Waals surface area contributed by atoms with Crippen LogP contribution in [0.1, 0.15) is 63.9 Å². The van der Waals surface area contributed by atoms with Crippen LogP contribution in [-0.2, 0) is 24.4 Å². The van der Waals surface area contributed by atoms with E-state index in [1.165, 1.54) is 0 Å². The molecule has 1 aliphatic heterocycles. The van der Waals surface area contributed by atoms with E-state index in [9.17, 15) is 22.8 Å². The maximum Gasteiger partial charge on any atom is 0.259 e. The quantitative estimate of drug-likeness (QED) is 0.440. The monoisotopic (exact) mass is 638 g/mol. The molecule has 45 heavy (non-hydrogen) atoms. The molecule has 11 nitrogen and oxygen atoms in total. The molecule has 2 N–H and O–H groups in total. The zero-order valence-electron chi connectivity index (χ0n) is 26.1. The van der Waals surface area contributed by atoms with Crippen molar-refractivity contribution in [3.8, 4) is 11.6 Å². The van der Waals surface area contributed by atoms with Gasteiger partial charge < -0.3 is 19.7 Å². The number of hydrogen-bond donors (Lipinski definition) is 2. The van der Waals surface area contributed by atoms with Crippen molar-refractivity contribution < 1.29 is 32.3 Å². The number of aromatic nitrogens is 1. The molecular formula is C33H42N4O7S. The van der Waals surface area contributed by atoms with Crippen LogP contribution in [0.4, 0.5) is 0 Å². The lowest BCUT2D eigenvalue weighted by Gasteiger charge is -2.26. The number of fused-ring (bicyclic) bond motifs is 3. The molecule has 0 bridgehead atoms. The molecular weight excluding hydrogens is 596 g/mol. The minimum Gasteiger partial charge on any atom is -0.489 e. The summed E-state index contributed by atoms with van der Waals surface area (Å²) >= 11 is 0. The first kappa shape index (κ1) is 31.3. The highest BCUT2D eigenvalue weighted by Crippen LogP contribution is 2.47. The first-order valence-electron chi connectivity index (χ1n) is 16.0. The van der Waals surface area contributed by atoms with Crippen molar-refractivity contribution in [2.24, 2.45) is 17.8 Å². The molecule has 3 aliphatic carbocycles. The van der Waals surface area contributed by atoms with Gasteiger partial charge in [0.15, 0.2) is 0 Å². The zero-order valence-corrected chi connectivity index (χ0v) is 26.9. The average molecular weight is 639 g/mol. The molecule has 2 aromatic rings. The van der Waals surface area contributed by atoms with Crippen molar-refractivity contribution in [2.45, 2.75) is 82.1 Å². The molecule has 3 saturated carbocycles. The van der Waals surface area contributed by atoms with Crippen LogP contribution in [0.2, 0.25) is 0 Å². The fraction of sp³-hybridized carbons (Fsp3) is 0.576. The van der Waals surface area contributed by atoms with Crippen molar-refractivity contribution in [1.29, 1.82) is 0 Å². The first-order chi connectivity index (χ1) is 21.5. The molecule has 2 heterocycles. The number of sulfonamides is 1. The third-order valence-corrected chi connectivity index (χ3v) is 11.4. The molecule has 3 fully saturated rings. The predicted octanol–water partition coefficient (Wildman–Crippen LogP) is 3.40. The summed E-state index contributed by atoms with van der Waals surface area (Å²) in [6.45, 7) is 4.86. The van der Waals surface area contributed by atoms with Gasteiger partial charge >= 0.3 is 0 Å². The lowest BCUT2D eigenvalue weighted by molar-refractivity contribution is -0.140. The molecule has 0 spiro atoms. The molecule has 0 radical (unpaired) electrons. The Morgan fingerprint density at radius 3 is 2.71 bits per heavy atom. The molecule has 3 amide bonds. The van der Waals surface area contributed by atoms with Crippen LogP contribution in [0.3, 0.4) is 0 Å². The molecule has 6 rings (SSSR count). The lowest BCUT2D eigenvalue weighted by Crippen LogP contribution is -2.54. The van der Waals surface area contributed by atoms with Gasteiger partial charge in [-0.05, 0) is 76.8 Å². The van der Waals surface area contributed by atoms with Gasteiger partial charge in [0.05, 0.1) is 29.2 Å². The Morgan fingerprint density at radius 2 is 1.96 bits per heavy atom. The summed E-state index contributed by atoms with van der Waals surface area (Å²) in [5.74, 6) is -2.04. The topological polar surface area (TPSA) is 144 Å². The van der Waals surface area contributed by atoms with Crippen LogP contribution in [-0.4, -0.2) is 73.1 Å². The lowest BCUT2D eigenvalue weighted by atomic mass is 9.93. The van der Waals surface area contributed by atoms with Gasteiger partial charge in [-0.1, -0.05) is 24.3 Å². The van der Waals surface area contributed by atoms with Crippen molar-refractivity contribution in [2.75, 3.05) is 20.2 Å². The number of pyridine rings is 1. The minimum absolute atomic E-state index is 0.138. The first-order valence-corrected chi connectivity index (χ1v) is 17.6. The van der Waals surface area contributed by atoms with Gasteiger partial charge in [-0.2, -0.15) is 0 Å². The van der Waals surface area contributed by atoms with Gasteiger partial charge in [-0.15, -0.1) is 0 Å². The van der Waals surface area contributed by atoms with E-state index < -0.39 is 50.6 Å². The second-order valence-corrected chi connectivity index (χ2v) is 14.9. The molecule has 242 valence electrons.